The maximum atomic E-state index is 5.94. The third-order valence-electron chi connectivity index (χ3n) is 3.75. The molecule has 2 aromatic carbocycles. The fourth-order valence-electron chi connectivity index (χ4n) is 2.39. The van der Waals surface area contributed by atoms with Crippen molar-refractivity contribution in [2.45, 2.75) is 10.9 Å². The van der Waals surface area contributed by atoms with Crippen molar-refractivity contribution >= 4 is 34.7 Å². The normalized spacial score (nSPS) is 10.9. The van der Waals surface area contributed by atoms with Crippen LogP contribution in [-0.4, -0.2) is 32.3 Å². The molecule has 0 unspecified atom stereocenters. The number of ether oxygens (including phenoxy) is 1. The number of thioether (sulfide) groups is 1. The maximum Gasteiger partial charge on any atom is 0.214 e. The summed E-state index contributed by atoms with van der Waals surface area (Å²) in [5.74, 6) is 1.51. The summed E-state index contributed by atoms with van der Waals surface area (Å²) in [5, 5.41) is 16.4. The molecule has 0 amide bonds. The summed E-state index contributed by atoms with van der Waals surface area (Å²) >= 11 is 9.10. The van der Waals surface area contributed by atoms with Crippen molar-refractivity contribution in [3.05, 3.63) is 64.6 Å². The zero-order valence-electron chi connectivity index (χ0n) is 14.2. The van der Waals surface area contributed by atoms with Gasteiger partial charge in [-0.25, -0.2) is 4.98 Å². The molecule has 136 valence electrons. The van der Waals surface area contributed by atoms with E-state index >= 15 is 0 Å². The lowest BCUT2D eigenvalue weighted by Gasteiger charge is -2.03. The van der Waals surface area contributed by atoms with Crippen LogP contribution in [0.3, 0.4) is 0 Å². The van der Waals surface area contributed by atoms with Crippen LogP contribution < -0.4 is 4.74 Å². The number of benzene rings is 2. The number of rotatable bonds is 6. The third kappa shape index (κ3) is 4.13. The molecule has 4 aromatic rings. The highest BCUT2D eigenvalue weighted by molar-refractivity contribution is 7.98. The van der Waals surface area contributed by atoms with E-state index in [-0.39, 0.29) is 0 Å². The van der Waals surface area contributed by atoms with Crippen LogP contribution in [0.25, 0.3) is 16.3 Å². The maximum absolute atomic E-state index is 5.94. The number of methoxy groups -OCH3 is 1. The molecule has 27 heavy (non-hydrogen) atoms. The molecular weight excluding hydrogens is 402 g/mol. The average Bonchev–Trinajstić information content (AvgIpc) is 3.36. The van der Waals surface area contributed by atoms with Gasteiger partial charge >= 0.3 is 0 Å². The molecule has 0 fully saturated rings. The Morgan fingerprint density at radius 1 is 1.11 bits per heavy atom. The quantitative estimate of drug-likeness (QED) is 0.424. The van der Waals surface area contributed by atoms with Crippen LogP contribution in [0.1, 0.15) is 5.69 Å². The molecule has 0 aliphatic heterocycles. The van der Waals surface area contributed by atoms with E-state index in [2.05, 4.69) is 20.9 Å². The van der Waals surface area contributed by atoms with Gasteiger partial charge in [0.1, 0.15) is 10.8 Å². The first-order valence-corrected chi connectivity index (χ1v) is 10.2. The molecule has 0 N–H and O–H groups in total. The minimum atomic E-state index is 0.676. The summed E-state index contributed by atoms with van der Waals surface area (Å²) < 4.78 is 6.89. The zero-order valence-corrected chi connectivity index (χ0v) is 16.6. The molecule has 4 rings (SSSR count). The highest BCUT2D eigenvalue weighted by Gasteiger charge is 2.11. The second-order valence-electron chi connectivity index (χ2n) is 5.51. The molecule has 0 radical (unpaired) electrons. The highest BCUT2D eigenvalue weighted by atomic mass is 35.5. The van der Waals surface area contributed by atoms with E-state index in [1.165, 1.54) is 11.8 Å². The summed E-state index contributed by atoms with van der Waals surface area (Å²) in [7, 11) is 1.66. The van der Waals surface area contributed by atoms with Crippen LogP contribution in [0.2, 0.25) is 5.02 Å². The molecular formula is C18H14ClN5OS2. The van der Waals surface area contributed by atoms with Gasteiger partial charge in [-0.05, 0) is 59.0 Å². The van der Waals surface area contributed by atoms with E-state index in [1.807, 2.05) is 48.5 Å². The van der Waals surface area contributed by atoms with E-state index in [1.54, 1.807) is 23.1 Å². The van der Waals surface area contributed by atoms with Crippen molar-refractivity contribution in [1.29, 1.82) is 0 Å². The monoisotopic (exact) mass is 415 g/mol. The highest BCUT2D eigenvalue weighted by Crippen LogP contribution is 2.29. The van der Waals surface area contributed by atoms with Crippen molar-refractivity contribution in [2.75, 3.05) is 7.11 Å². The van der Waals surface area contributed by atoms with Gasteiger partial charge in [-0.1, -0.05) is 23.4 Å². The number of halogens is 1. The Balaban J connectivity index is 1.46. The second kappa shape index (κ2) is 8.08. The van der Waals surface area contributed by atoms with Crippen molar-refractivity contribution in [1.82, 2.24) is 25.2 Å². The van der Waals surface area contributed by atoms with Crippen LogP contribution in [0.15, 0.2) is 59.1 Å². The van der Waals surface area contributed by atoms with Crippen molar-refractivity contribution in [3.63, 3.8) is 0 Å². The predicted molar refractivity (Wildman–Crippen MR) is 108 cm³/mol. The van der Waals surface area contributed by atoms with Crippen molar-refractivity contribution in [2.24, 2.45) is 0 Å². The minimum Gasteiger partial charge on any atom is -0.497 e. The molecule has 9 heteroatoms. The smallest absolute Gasteiger partial charge is 0.214 e. The molecule has 0 saturated carbocycles. The molecule has 2 heterocycles. The first-order valence-electron chi connectivity index (χ1n) is 7.99. The number of thiazole rings is 1. The fourth-order valence-corrected chi connectivity index (χ4v) is 4.23. The third-order valence-corrected chi connectivity index (χ3v) is 5.90. The fraction of sp³-hybridized carbons (Fsp3) is 0.111. The number of nitrogens with zero attached hydrogens (tertiary/aromatic N) is 5. The van der Waals surface area contributed by atoms with Crippen LogP contribution in [0.5, 0.6) is 5.75 Å². The number of tetrazole rings is 1. The van der Waals surface area contributed by atoms with E-state index in [0.717, 1.165) is 27.7 Å². The van der Waals surface area contributed by atoms with Gasteiger partial charge in [0.05, 0.1) is 18.5 Å². The molecule has 2 aromatic heterocycles. The lowest BCUT2D eigenvalue weighted by molar-refractivity contribution is 0.415. The van der Waals surface area contributed by atoms with Crippen molar-refractivity contribution < 1.29 is 4.74 Å². The Labute approximate surface area is 169 Å². The van der Waals surface area contributed by atoms with Crippen molar-refractivity contribution in [3.8, 4) is 22.0 Å². The summed E-state index contributed by atoms with van der Waals surface area (Å²) in [5.41, 5.74) is 2.92. The zero-order chi connectivity index (χ0) is 18.6. The van der Waals surface area contributed by atoms with Gasteiger partial charge in [0.15, 0.2) is 0 Å². The standard InChI is InChI=1S/C18H14ClN5OS2/c1-25-16-8-2-12(3-9-16)17-20-14(10-26-17)11-27-18-21-22-23-24(18)15-6-4-13(19)5-7-15/h2-10H,11H2,1H3. The summed E-state index contributed by atoms with van der Waals surface area (Å²) in [6, 6.07) is 15.3. The average molecular weight is 416 g/mol. The van der Waals surface area contributed by atoms with Gasteiger partial charge in [-0.3, -0.25) is 0 Å². The summed E-state index contributed by atoms with van der Waals surface area (Å²) in [4.78, 5) is 4.71. The van der Waals surface area contributed by atoms with E-state index in [0.29, 0.717) is 15.9 Å². The topological polar surface area (TPSA) is 65.7 Å². The first-order chi connectivity index (χ1) is 13.2. The van der Waals surface area contributed by atoms with Gasteiger partial charge in [0, 0.05) is 21.7 Å². The van der Waals surface area contributed by atoms with Crippen LogP contribution in [0, 0.1) is 0 Å². The Morgan fingerprint density at radius 2 is 1.89 bits per heavy atom. The van der Waals surface area contributed by atoms with Gasteiger partial charge in [0.25, 0.3) is 0 Å². The van der Waals surface area contributed by atoms with Crippen LogP contribution in [-0.2, 0) is 5.75 Å². The molecule has 0 aliphatic rings. The Bertz CT molecular complexity index is 1030. The molecule has 0 aliphatic carbocycles. The molecule has 0 atom stereocenters. The Kier molecular flexibility index (Phi) is 5.38. The van der Waals surface area contributed by atoms with E-state index in [9.17, 15) is 0 Å². The molecule has 0 saturated heterocycles. The van der Waals surface area contributed by atoms with E-state index in [4.69, 9.17) is 21.3 Å². The van der Waals surface area contributed by atoms with Gasteiger partial charge < -0.3 is 4.74 Å². The number of hydrogen-bond acceptors (Lipinski definition) is 7. The SMILES string of the molecule is COc1ccc(-c2nc(CSc3nnnn3-c3ccc(Cl)cc3)cs2)cc1. The van der Waals surface area contributed by atoms with Crippen LogP contribution in [0.4, 0.5) is 0 Å². The summed E-state index contributed by atoms with van der Waals surface area (Å²) in [6.07, 6.45) is 0. The predicted octanol–water partition coefficient (Wildman–Crippen LogP) is 4.74. The molecule has 0 bridgehead atoms. The number of aromatic nitrogens is 5. The Morgan fingerprint density at radius 3 is 2.63 bits per heavy atom. The number of hydrogen-bond donors (Lipinski definition) is 0. The minimum absolute atomic E-state index is 0.676. The Hall–Kier alpha value is -2.42. The lowest BCUT2D eigenvalue weighted by atomic mass is 10.2. The first kappa shape index (κ1) is 18.0. The van der Waals surface area contributed by atoms with Gasteiger partial charge in [-0.2, -0.15) is 4.68 Å². The van der Waals surface area contributed by atoms with Gasteiger partial charge in [0.2, 0.25) is 5.16 Å². The van der Waals surface area contributed by atoms with E-state index < -0.39 is 0 Å². The van der Waals surface area contributed by atoms with Gasteiger partial charge in [-0.15, -0.1) is 16.4 Å². The lowest BCUT2D eigenvalue weighted by Crippen LogP contribution is -1.98. The molecule has 6 nitrogen and oxygen atoms in total. The summed E-state index contributed by atoms with van der Waals surface area (Å²) in [6.45, 7) is 0. The van der Waals surface area contributed by atoms with Crippen LogP contribution >= 0.6 is 34.7 Å². The second-order valence-corrected chi connectivity index (χ2v) is 7.75. The largest absolute Gasteiger partial charge is 0.497 e. The molecule has 0 spiro atoms.